The number of ether oxygens (including phenoxy) is 1. The predicted molar refractivity (Wildman–Crippen MR) is 66.8 cm³/mol. The summed E-state index contributed by atoms with van der Waals surface area (Å²) in [6.45, 7) is 6.49. The van der Waals surface area contributed by atoms with E-state index < -0.39 is 0 Å². The van der Waals surface area contributed by atoms with Gasteiger partial charge in [-0.2, -0.15) is 0 Å². The molecule has 0 aromatic heterocycles. The zero-order chi connectivity index (χ0) is 12.3. The van der Waals surface area contributed by atoms with Gasteiger partial charge in [0.2, 0.25) is 0 Å². The number of carbonyl (C=O) groups excluding carboxylic acids is 1. The van der Waals surface area contributed by atoms with Gasteiger partial charge < -0.3 is 10.1 Å². The second-order valence-electron chi connectivity index (χ2n) is 5.23. The van der Waals surface area contributed by atoms with Gasteiger partial charge in [0, 0.05) is 18.6 Å². The number of nitrogens with zero attached hydrogens (tertiary/aromatic N) is 1. The molecule has 1 saturated heterocycles. The first-order valence-electron chi connectivity index (χ1n) is 6.87. The first-order chi connectivity index (χ1) is 8.20. The second kappa shape index (κ2) is 5.83. The van der Waals surface area contributed by atoms with E-state index in [9.17, 15) is 4.79 Å². The van der Waals surface area contributed by atoms with Crippen molar-refractivity contribution in [2.45, 2.75) is 57.7 Å². The zero-order valence-electron chi connectivity index (χ0n) is 10.9. The van der Waals surface area contributed by atoms with Crippen molar-refractivity contribution in [1.82, 2.24) is 10.2 Å². The van der Waals surface area contributed by atoms with Gasteiger partial charge in [-0.25, -0.2) is 0 Å². The lowest BCUT2D eigenvalue weighted by molar-refractivity contribution is -0.146. The van der Waals surface area contributed by atoms with Crippen LogP contribution in [0, 0.1) is 0 Å². The Morgan fingerprint density at radius 3 is 2.76 bits per heavy atom. The van der Waals surface area contributed by atoms with E-state index in [1.54, 1.807) is 0 Å². The van der Waals surface area contributed by atoms with Crippen LogP contribution in [0.2, 0.25) is 0 Å². The summed E-state index contributed by atoms with van der Waals surface area (Å²) in [5.74, 6) is -0.0847. The molecule has 1 saturated carbocycles. The third-order valence-corrected chi connectivity index (χ3v) is 3.69. The molecule has 2 unspecified atom stereocenters. The number of hydrogen-bond acceptors (Lipinski definition) is 4. The van der Waals surface area contributed by atoms with Gasteiger partial charge in [0.1, 0.15) is 6.04 Å². The van der Waals surface area contributed by atoms with Gasteiger partial charge in [0.15, 0.2) is 0 Å². The normalized spacial score (nSPS) is 27.1. The molecule has 1 aliphatic carbocycles. The zero-order valence-corrected chi connectivity index (χ0v) is 10.9. The highest BCUT2D eigenvalue weighted by Crippen LogP contribution is 2.21. The maximum Gasteiger partial charge on any atom is 0.324 e. The van der Waals surface area contributed by atoms with E-state index in [-0.39, 0.29) is 12.0 Å². The number of likely N-dealkylation sites (tertiary alicyclic amines) is 1. The smallest absolute Gasteiger partial charge is 0.324 e. The van der Waals surface area contributed by atoms with E-state index in [2.05, 4.69) is 17.1 Å². The molecule has 98 valence electrons. The molecule has 4 nitrogen and oxygen atoms in total. The Bertz CT molecular complexity index is 266. The van der Waals surface area contributed by atoms with Crippen molar-refractivity contribution in [2.75, 3.05) is 19.7 Å². The molecule has 2 atom stereocenters. The molecule has 0 amide bonds. The molecule has 2 rings (SSSR count). The molecule has 2 aliphatic rings. The van der Waals surface area contributed by atoms with Crippen molar-refractivity contribution in [1.29, 1.82) is 0 Å². The van der Waals surface area contributed by atoms with Crippen LogP contribution in [0.4, 0.5) is 0 Å². The third-order valence-electron chi connectivity index (χ3n) is 3.69. The number of hydrogen-bond donors (Lipinski definition) is 1. The lowest BCUT2D eigenvalue weighted by Gasteiger charge is -2.26. The second-order valence-corrected chi connectivity index (χ2v) is 5.23. The van der Waals surface area contributed by atoms with Gasteiger partial charge in [-0.05, 0) is 46.1 Å². The van der Waals surface area contributed by atoms with Crippen molar-refractivity contribution in [3.05, 3.63) is 0 Å². The van der Waals surface area contributed by atoms with Crippen molar-refractivity contribution in [3.63, 3.8) is 0 Å². The largest absolute Gasteiger partial charge is 0.465 e. The van der Waals surface area contributed by atoms with Gasteiger partial charge in [-0.3, -0.25) is 9.69 Å². The lowest BCUT2D eigenvalue weighted by Crippen LogP contribution is -2.48. The van der Waals surface area contributed by atoms with E-state index in [4.69, 9.17) is 4.74 Å². The van der Waals surface area contributed by atoms with Crippen molar-refractivity contribution >= 4 is 5.97 Å². The van der Waals surface area contributed by atoms with Gasteiger partial charge in [0.05, 0.1) is 6.61 Å². The van der Waals surface area contributed by atoms with Gasteiger partial charge in [-0.1, -0.05) is 0 Å². The average Bonchev–Trinajstić information content (AvgIpc) is 3.02. The molecule has 0 radical (unpaired) electrons. The van der Waals surface area contributed by atoms with Crippen LogP contribution in [-0.2, 0) is 9.53 Å². The minimum absolute atomic E-state index is 0.0847. The molecule has 17 heavy (non-hydrogen) atoms. The molecule has 0 aromatic carbocycles. The minimum Gasteiger partial charge on any atom is -0.465 e. The van der Waals surface area contributed by atoms with Crippen molar-refractivity contribution in [2.24, 2.45) is 0 Å². The van der Waals surface area contributed by atoms with Crippen LogP contribution in [0.1, 0.15) is 39.5 Å². The summed E-state index contributed by atoms with van der Waals surface area (Å²) < 4.78 is 5.15. The molecule has 0 spiro atoms. The van der Waals surface area contributed by atoms with Crippen LogP contribution in [0.5, 0.6) is 0 Å². The monoisotopic (exact) mass is 240 g/mol. The molecule has 1 heterocycles. The Balaban J connectivity index is 1.86. The van der Waals surface area contributed by atoms with Crippen LogP contribution in [0.25, 0.3) is 0 Å². The van der Waals surface area contributed by atoms with Crippen LogP contribution in [0.15, 0.2) is 0 Å². The fourth-order valence-electron chi connectivity index (χ4n) is 2.47. The number of rotatable bonds is 6. The van der Waals surface area contributed by atoms with Gasteiger partial charge in [0.25, 0.3) is 0 Å². The first kappa shape index (κ1) is 12.8. The predicted octanol–water partition coefficient (Wildman–Crippen LogP) is 1.15. The Hall–Kier alpha value is -0.610. The summed E-state index contributed by atoms with van der Waals surface area (Å²) in [6, 6.07) is 1.01. The standard InChI is InChI=1S/C13H24N2O2/c1-3-17-13(16)12(14-11-6-7-11)9-15-8-4-5-10(15)2/h10-12,14H,3-9H2,1-2H3. The highest BCUT2D eigenvalue weighted by atomic mass is 16.5. The van der Waals surface area contributed by atoms with E-state index in [1.165, 1.54) is 25.7 Å². The fraction of sp³-hybridized carbons (Fsp3) is 0.923. The van der Waals surface area contributed by atoms with Crippen molar-refractivity contribution in [3.8, 4) is 0 Å². The SMILES string of the molecule is CCOC(=O)C(CN1CCCC1C)NC1CC1. The molecular weight excluding hydrogens is 216 g/mol. The molecule has 1 N–H and O–H groups in total. The first-order valence-corrected chi connectivity index (χ1v) is 6.87. The van der Waals surface area contributed by atoms with E-state index in [0.29, 0.717) is 18.7 Å². The topological polar surface area (TPSA) is 41.6 Å². The molecule has 1 aliphatic heterocycles. The Kier molecular flexibility index (Phi) is 4.40. The molecular formula is C13H24N2O2. The van der Waals surface area contributed by atoms with Crippen LogP contribution < -0.4 is 5.32 Å². The quantitative estimate of drug-likeness (QED) is 0.707. The maximum atomic E-state index is 11.9. The molecule has 2 fully saturated rings. The summed E-state index contributed by atoms with van der Waals surface area (Å²) in [7, 11) is 0. The molecule has 4 heteroatoms. The Morgan fingerprint density at radius 2 is 2.24 bits per heavy atom. The third kappa shape index (κ3) is 3.68. The maximum absolute atomic E-state index is 11.9. The Morgan fingerprint density at radius 1 is 1.47 bits per heavy atom. The fourth-order valence-corrected chi connectivity index (χ4v) is 2.47. The lowest BCUT2D eigenvalue weighted by atomic mass is 10.2. The number of carbonyl (C=O) groups is 1. The number of esters is 1. The van der Waals surface area contributed by atoms with E-state index in [0.717, 1.165) is 13.1 Å². The summed E-state index contributed by atoms with van der Waals surface area (Å²) >= 11 is 0. The molecule has 0 bridgehead atoms. The summed E-state index contributed by atoms with van der Waals surface area (Å²) in [4.78, 5) is 14.3. The van der Waals surface area contributed by atoms with E-state index >= 15 is 0 Å². The highest BCUT2D eigenvalue weighted by Gasteiger charge is 2.32. The van der Waals surface area contributed by atoms with Crippen LogP contribution >= 0.6 is 0 Å². The Labute approximate surface area is 104 Å². The molecule has 0 aromatic rings. The average molecular weight is 240 g/mol. The highest BCUT2D eigenvalue weighted by molar-refractivity contribution is 5.76. The van der Waals surface area contributed by atoms with Crippen LogP contribution in [0.3, 0.4) is 0 Å². The van der Waals surface area contributed by atoms with Crippen molar-refractivity contribution < 1.29 is 9.53 Å². The summed E-state index contributed by atoms with van der Waals surface area (Å²) in [5, 5.41) is 3.41. The number of nitrogens with one attached hydrogen (secondary N) is 1. The van der Waals surface area contributed by atoms with Gasteiger partial charge >= 0.3 is 5.97 Å². The van der Waals surface area contributed by atoms with E-state index in [1.807, 2.05) is 6.92 Å². The summed E-state index contributed by atoms with van der Waals surface area (Å²) in [5.41, 5.74) is 0. The van der Waals surface area contributed by atoms with Crippen LogP contribution in [-0.4, -0.2) is 48.7 Å². The van der Waals surface area contributed by atoms with Gasteiger partial charge in [-0.15, -0.1) is 0 Å². The minimum atomic E-state index is -0.136. The summed E-state index contributed by atoms with van der Waals surface area (Å²) in [6.07, 6.45) is 4.90.